The van der Waals surface area contributed by atoms with E-state index in [0.717, 1.165) is 0 Å². The third-order valence-electron chi connectivity index (χ3n) is 3.40. The van der Waals surface area contributed by atoms with E-state index in [-0.39, 0.29) is 23.1 Å². The van der Waals surface area contributed by atoms with E-state index in [1.54, 1.807) is 30.3 Å². The summed E-state index contributed by atoms with van der Waals surface area (Å²) in [6, 6.07) is 12.7. The fourth-order valence-corrected chi connectivity index (χ4v) is 3.62. The highest BCUT2D eigenvalue weighted by Crippen LogP contribution is 2.44. The van der Waals surface area contributed by atoms with Crippen LogP contribution in [0.2, 0.25) is 0 Å². The Balaban J connectivity index is 2.05. The molecule has 1 heterocycles. The Hall–Kier alpha value is -2.54. The number of thioether (sulfide) groups is 1. The summed E-state index contributed by atoms with van der Waals surface area (Å²) < 4.78 is 0. The lowest BCUT2D eigenvalue weighted by molar-refractivity contribution is -0.385. The van der Waals surface area contributed by atoms with Crippen LogP contribution < -0.4 is 4.90 Å². The minimum Gasteiger partial charge on any atom is -0.508 e. The van der Waals surface area contributed by atoms with Crippen LogP contribution in [-0.2, 0) is 4.79 Å². The summed E-state index contributed by atoms with van der Waals surface area (Å²) in [6.07, 6.45) is 0. The number of carbonyl (C=O) groups excluding carboxylic acids is 1. The van der Waals surface area contributed by atoms with Gasteiger partial charge in [0, 0.05) is 11.8 Å². The zero-order chi connectivity index (χ0) is 15.7. The van der Waals surface area contributed by atoms with Gasteiger partial charge in [0.05, 0.1) is 16.2 Å². The van der Waals surface area contributed by atoms with Gasteiger partial charge in [0.2, 0.25) is 5.91 Å². The number of amides is 1. The molecule has 0 saturated carbocycles. The third-order valence-corrected chi connectivity index (χ3v) is 4.59. The van der Waals surface area contributed by atoms with Crippen LogP contribution in [0.1, 0.15) is 10.9 Å². The van der Waals surface area contributed by atoms with Crippen LogP contribution in [-0.4, -0.2) is 21.7 Å². The molecule has 1 amide bonds. The molecule has 1 fully saturated rings. The average molecular weight is 316 g/mol. The van der Waals surface area contributed by atoms with Crippen LogP contribution in [0.25, 0.3) is 0 Å². The number of hydrogen-bond donors (Lipinski definition) is 1. The molecule has 0 bridgehead atoms. The maximum atomic E-state index is 12.2. The number of aromatic hydroxyl groups is 1. The minimum absolute atomic E-state index is 0.00141. The summed E-state index contributed by atoms with van der Waals surface area (Å²) in [5, 5.41) is 20.1. The highest BCUT2D eigenvalue weighted by molar-refractivity contribution is 8.00. The fourth-order valence-electron chi connectivity index (χ4n) is 2.41. The summed E-state index contributed by atoms with van der Waals surface area (Å²) in [7, 11) is 0. The molecular weight excluding hydrogens is 304 g/mol. The van der Waals surface area contributed by atoms with Crippen molar-refractivity contribution in [3.05, 3.63) is 64.2 Å². The van der Waals surface area contributed by atoms with Crippen LogP contribution >= 0.6 is 11.8 Å². The molecule has 1 atom stereocenters. The number of rotatable bonds is 3. The summed E-state index contributed by atoms with van der Waals surface area (Å²) in [4.78, 5) is 24.5. The number of phenols is 1. The lowest BCUT2D eigenvalue weighted by Gasteiger charge is -2.24. The molecule has 1 aliphatic heterocycles. The molecule has 6 nitrogen and oxygen atoms in total. The van der Waals surface area contributed by atoms with Gasteiger partial charge in [-0.2, -0.15) is 0 Å². The van der Waals surface area contributed by atoms with Crippen LogP contribution in [0.4, 0.5) is 11.4 Å². The minimum atomic E-state index is -0.446. The van der Waals surface area contributed by atoms with Crippen LogP contribution in [0.5, 0.6) is 5.75 Å². The van der Waals surface area contributed by atoms with Gasteiger partial charge in [-0.05, 0) is 30.3 Å². The molecule has 0 radical (unpaired) electrons. The van der Waals surface area contributed by atoms with Crippen molar-refractivity contribution in [2.75, 3.05) is 10.7 Å². The van der Waals surface area contributed by atoms with E-state index in [2.05, 4.69) is 0 Å². The van der Waals surface area contributed by atoms with Gasteiger partial charge >= 0.3 is 0 Å². The van der Waals surface area contributed by atoms with Gasteiger partial charge in [-0.15, -0.1) is 11.8 Å². The summed E-state index contributed by atoms with van der Waals surface area (Å²) in [5.74, 6) is 0.251. The molecule has 0 unspecified atom stereocenters. The maximum absolute atomic E-state index is 12.2. The quantitative estimate of drug-likeness (QED) is 0.695. The summed E-state index contributed by atoms with van der Waals surface area (Å²) in [5.41, 5.74) is 1.10. The van der Waals surface area contributed by atoms with Gasteiger partial charge in [0.1, 0.15) is 11.1 Å². The molecule has 3 rings (SSSR count). The van der Waals surface area contributed by atoms with Gasteiger partial charge in [0.15, 0.2) is 0 Å². The number of nitro benzene ring substituents is 1. The number of carbonyl (C=O) groups is 1. The summed E-state index contributed by atoms with van der Waals surface area (Å²) >= 11 is 1.35. The van der Waals surface area contributed by atoms with E-state index >= 15 is 0 Å². The number of phenolic OH excluding ortho intramolecular Hbond substituents is 1. The van der Waals surface area contributed by atoms with Crippen LogP contribution in [0.15, 0.2) is 48.5 Å². The van der Waals surface area contributed by atoms with E-state index in [1.807, 2.05) is 0 Å². The van der Waals surface area contributed by atoms with Crippen molar-refractivity contribution in [3.8, 4) is 5.75 Å². The first kappa shape index (κ1) is 14.4. The second kappa shape index (κ2) is 5.69. The Labute approximate surface area is 130 Å². The topological polar surface area (TPSA) is 83.7 Å². The van der Waals surface area contributed by atoms with Crippen molar-refractivity contribution in [2.24, 2.45) is 0 Å². The molecule has 0 aliphatic carbocycles. The number of hydrogen-bond acceptors (Lipinski definition) is 5. The maximum Gasteiger partial charge on any atom is 0.275 e. The van der Waals surface area contributed by atoms with E-state index in [0.29, 0.717) is 11.3 Å². The second-order valence-corrected chi connectivity index (χ2v) is 5.83. The lowest BCUT2D eigenvalue weighted by atomic mass is 10.1. The Kier molecular flexibility index (Phi) is 3.72. The van der Waals surface area contributed by atoms with Gasteiger partial charge in [0.25, 0.3) is 5.69 Å². The first-order valence-corrected chi connectivity index (χ1v) is 7.59. The standard InChI is InChI=1S/C15H12N2O4S/c18-11-7-5-10(6-8-11)16-14(19)9-22-15(16)12-3-1-2-4-13(12)17(20)21/h1-8,15,18H,9H2/t15-/m0/s1. The highest BCUT2D eigenvalue weighted by Gasteiger charge is 2.37. The molecule has 112 valence electrons. The first-order chi connectivity index (χ1) is 10.6. The molecule has 2 aromatic carbocycles. The second-order valence-electron chi connectivity index (χ2n) is 4.76. The van der Waals surface area contributed by atoms with E-state index in [1.165, 1.54) is 34.9 Å². The molecule has 0 spiro atoms. The zero-order valence-electron chi connectivity index (χ0n) is 11.4. The van der Waals surface area contributed by atoms with Crippen molar-refractivity contribution in [1.82, 2.24) is 0 Å². The first-order valence-electron chi connectivity index (χ1n) is 6.54. The molecule has 1 saturated heterocycles. The Bertz CT molecular complexity index is 733. The average Bonchev–Trinajstić information content (AvgIpc) is 2.90. The molecule has 22 heavy (non-hydrogen) atoms. The van der Waals surface area contributed by atoms with Crippen molar-refractivity contribution in [1.29, 1.82) is 0 Å². The number of nitrogens with zero attached hydrogens (tertiary/aromatic N) is 2. The van der Waals surface area contributed by atoms with Crippen molar-refractivity contribution in [2.45, 2.75) is 5.37 Å². The van der Waals surface area contributed by atoms with Crippen molar-refractivity contribution < 1.29 is 14.8 Å². The number of para-hydroxylation sites is 1. The Morgan fingerprint density at radius 1 is 1.18 bits per heavy atom. The number of benzene rings is 2. The molecular formula is C15H12N2O4S. The van der Waals surface area contributed by atoms with Crippen molar-refractivity contribution in [3.63, 3.8) is 0 Å². The molecule has 1 N–H and O–H groups in total. The Morgan fingerprint density at radius 2 is 1.86 bits per heavy atom. The lowest BCUT2D eigenvalue weighted by Crippen LogP contribution is -2.28. The molecule has 1 aliphatic rings. The third kappa shape index (κ3) is 2.50. The normalized spacial score (nSPS) is 17.7. The van der Waals surface area contributed by atoms with Gasteiger partial charge < -0.3 is 5.11 Å². The number of nitro groups is 1. The van der Waals surface area contributed by atoms with E-state index in [9.17, 15) is 20.0 Å². The fraction of sp³-hybridized carbons (Fsp3) is 0.133. The smallest absolute Gasteiger partial charge is 0.275 e. The predicted molar refractivity (Wildman–Crippen MR) is 83.9 cm³/mol. The van der Waals surface area contributed by atoms with E-state index < -0.39 is 10.3 Å². The molecule has 2 aromatic rings. The van der Waals surface area contributed by atoms with Crippen molar-refractivity contribution >= 4 is 29.0 Å². The summed E-state index contributed by atoms with van der Waals surface area (Å²) in [6.45, 7) is 0. The monoisotopic (exact) mass is 316 g/mol. The zero-order valence-corrected chi connectivity index (χ0v) is 12.2. The van der Waals surface area contributed by atoms with E-state index in [4.69, 9.17) is 0 Å². The van der Waals surface area contributed by atoms with Gasteiger partial charge in [-0.3, -0.25) is 19.8 Å². The van der Waals surface area contributed by atoms with Gasteiger partial charge in [-0.25, -0.2) is 0 Å². The molecule has 7 heteroatoms. The SMILES string of the molecule is O=C1CS[C@@H](c2ccccc2[N+](=O)[O-])N1c1ccc(O)cc1. The highest BCUT2D eigenvalue weighted by atomic mass is 32.2. The Morgan fingerprint density at radius 3 is 2.55 bits per heavy atom. The largest absolute Gasteiger partial charge is 0.508 e. The number of anilines is 1. The molecule has 0 aromatic heterocycles. The van der Waals surface area contributed by atoms with Crippen LogP contribution in [0, 0.1) is 10.1 Å². The van der Waals surface area contributed by atoms with Gasteiger partial charge in [-0.1, -0.05) is 12.1 Å². The van der Waals surface area contributed by atoms with Crippen LogP contribution in [0.3, 0.4) is 0 Å². The predicted octanol–water partition coefficient (Wildman–Crippen LogP) is 3.08.